The Morgan fingerprint density at radius 1 is 0.860 bits per heavy atom. The molecule has 4 unspecified atom stereocenters. The van der Waals surface area contributed by atoms with E-state index in [1.165, 1.54) is 12.1 Å². The number of carboxylic acid groups (broad SMARTS) is 1. The van der Waals surface area contributed by atoms with E-state index in [-0.39, 0.29) is 31.4 Å². The number of H-pyrrole nitrogens is 1. The number of para-hydroxylation sites is 1. The van der Waals surface area contributed by atoms with Crippen molar-refractivity contribution in [2.75, 3.05) is 0 Å². The van der Waals surface area contributed by atoms with Crippen LogP contribution in [0.3, 0.4) is 0 Å². The number of phenolic OH excluding ortho intramolecular Hbond substituents is 1. The average molecular weight is 595 g/mol. The molecule has 1 heterocycles. The van der Waals surface area contributed by atoms with Crippen molar-refractivity contribution >= 4 is 40.5 Å². The third-order valence-corrected chi connectivity index (χ3v) is 7.00. The second-order valence-electron chi connectivity index (χ2n) is 10.7. The highest BCUT2D eigenvalue weighted by Crippen LogP contribution is 2.19. The molecule has 4 amide bonds. The van der Waals surface area contributed by atoms with E-state index in [1.54, 1.807) is 32.2 Å². The number of phenols is 1. The van der Waals surface area contributed by atoms with Crippen LogP contribution >= 0.6 is 0 Å². The van der Waals surface area contributed by atoms with E-state index in [4.69, 9.17) is 11.5 Å². The van der Waals surface area contributed by atoms with Crippen LogP contribution in [0.4, 0.5) is 0 Å². The van der Waals surface area contributed by atoms with Crippen LogP contribution in [0.2, 0.25) is 0 Å². The number of benzene rings is 2. The van der Waals surface area contributed by atoms with Gasteiger partial charge in [-0.25, -0.2) is 4.79 Å². The van der Waals surface area contributed by atoms with Crippen LogP contribution in [0, 0.1) is 5.92 Å². The second kappa shape index (κ2) is 14.8. The lowest BCUT2D eigenvalue weighted by molar-refractivity contribution is -0.142. The lowest BCUT2D eigenvalue weighted by Crippen LogP contribution is -2.58. The van der Waals surface area contributed by atoms with Crippen molar-refractivity contribution in [3.05, 3.63) is 65.9 Å². The molecule has 13 nitrogen and oxygen atoms in total. The third-order valence-electron chi connectivity index (χ3n) is 7.00. The Morgan fingerprint density at radius 3 is 2.14 bits per heavy atom. The summed E-state index contributed by atoms with van der Waals surface area (Å²) in [6, 6.07) is 8.76. The third kappa shape index (κ3) is 9.30. The predicted molar refractivity (Wildman–Crippen MR) is 158 cm³/mol. The molecule has 10 N–H and O–H groups in total. The van der Waals surface area contributed by atoms with Crippen molar-refractivity contribution in [3.8, 4) is 5.75 Å². The first-order valence-electron chi connectivity index (χ1n) is 13.9. The number of amides is 4. The fraction of sp³-hybridized carbons (Fsp3) is 0.367. The summed E-state index contributed by atoms with van der Waals surface area (Å²) in [5, 5.41) is 27.7. The van der Waals surface area contributed by atoms with Gasteiger partial charge in [-0.3, -0.25) is 19.2 Å². The Morgan fingerprint density at radius 2 is 1.51 bits per heavy atom. The number of carboxylic acids is 1. The summed E-state index contributed by atoms with van der Waals surface area (Å²) in [5.41, 5.74) is 13.5. The number of rotatable bonds is 15. The van der Waals surface area contributed by atoms with E-state index in [9.17, 15) is 34.2 Å². The van der Waals surface area contributed by atoms with E-state index < -0.39 is 59.7 Å². The van der Waals surface area contributed by atoms with Gasteiger partial charge in [0.25, 0.3) is 0 Å². The molecule has 3 aromatic rings. The number of nitrogens with two attached hydrogens (primary N) is 2. The maximum absolute atomic E-state index is 13.3. The minimum atomic E-state index is -1.34. The van der Waals surface area contributed by atoms with Gasteiger partial charge in [0.2, 0.25) is 23.6 Å². The summed E-state index contributed by atoms with van der Waals surface area (Å²) in [7, 11) is 0. The molecule has 0 aliphatic heterocycles. The highest BCUT2D eigenvalue weighted by atomic mass is 16.4. The molecule has 0 aliphatic carbocycles. The van der Waals surface area contributed by atoms with Gasteiger partial charge in [0.05, 0.1) is 6.04 Å². The Hall–Kier alpha value is -4.91. The van der Waals surface area contributed by atoms with E-state index in [1.807, 2.05) is 24.3 Å². The quantitative estimate of drug-likeness (QED) is 0.123. The van der Waals surface area contributed by atoms with Crippen molar-refractivity contribution in [3.63, 3.8) is 0 Å². The van der Waals surface area contributed by atoms with Crippen LogP contribution in [0.1, 0.15) is 37.8 Å². The largest absolute Gasteiger partial charge is 0.508 e. The summed E-state index contributed by atoms with van der Waals surface area (Å²) < 4.78 is 0. The number of carbonyl (C=O) groups is 5. The van der Waals surface area contributed by atoms with Gasteiger partial charge in [0.15, 0.2) is 0 Å². The molecule has 13 heteroatoms. The monoisotopic (exact) mass is 594 g/mol. The van der Waals surface area contributed by atoms with Crippen molar-refractivity contribution in [2.24, 2.45) is 17.4 Å². The highest BCUT2D eigenvalue weighted by Gasteiger charge is 2.32. The fourth-order valence-corrected chi connectivity index (χ4v) is 4.58. The zero-order valence-electron chi connectivity index (χ0n) is 24.0. The number of hydrogen-bond acceptors (Lipinski definition) is 7. The molecule has 3 rings (SSSR count). The zero-order valence-corrected chi connectivity index (χ0v) is 24.0. The molecule has 0 radical (unpaired) electrons. The van der Waals surface area contributed by atoms with E-state index in [0.29, 0.717) is 11.1 Å². The fourth-order valence-electron chi connectivity index (χ4n) is 4.58. The Balaban J connectivity index is 1.71. The normalized spacial score (nSPS) is 14.0. The van der Waals surface area contributed by atoms with Crippen molar-refractivity contribution < 1.29 is 34.2 Å². The van der Waals surface area contributed by atoms with Crippen molar-refractivity contribution in [2.45, 2.75) is 63.7 Å². The standard InChI is InChI=1S/C30H38N6O7/c1-16(2)26(36-27(39)21(31)13-17-7-9-19(37)10-8-17)29(41)34-23(11-12-25(32)38)28(40)35-24(30(42)43)14-18-15-33-22-6-4-3-5-20(18)22/h3-10,15-16,21,23-24,26,33,37H,11-14,31H2,1-2H3,(H2,32,38)(H,34,41)(H,35,40)(H,36,39)(H,42,43). The number of aromatic amines is 1. The number of primary amides is 1. The van der Waals surface area contributed by atoms with Gasteiger partial charge < -0.3 is 42.6 Å². The van der Waals surface area contributed by atoms with Crippen LogP contribution in [-0.2, 0) is 36.8 Å². The van der Waals surface area contributed by atoms with Gasteiger partial charge in [-0.05, 0) is 48.1 Å². The lowest BCUT2D eigenvalue weighted by atomic mass is 10.00. The van der Waals surface area contributed by atoms with Gasteiger partial charge in [-0.2, -0.15) is 0 Å². The summed E-state index contributed by atoms with van der Waals surface area (Å²) in [5.74, 6) is -4.49. The number of fused-ring (bicyclic) bond motifs is 1. The van der Waals surface area contributed by atoms with Crippen LogP contribution in [0.5, 0.6) is 5.75 Å². The molecule has 4 atom stereocenters. The van der Waals surface area contributed by atoms with E-state index in [0.717, 1.165) is 10.9 Å². The van der Waals surface area contributed by atoms with E-state index in [2.05, 4.69) is 20.9 Å². The Kier molecular flexibility index (Phi) is 11.2. The highest BCUT2D eigenvalue weighted by molar-refractivity contribution is 5.95. The molecule has 43 heavy (non-hydrogen) atoms. The average Bonchev–Trinajstić information content (AvgIpc) is 3.36. The molecular weight excluding hydrogens is 556 g/mol. The minimum Gasteiger partial charge on any atom is -0.508 e. The van der Waals surface area contributed by atoms with Gasteiger partial charge in [-0.15, -0.1) is 0 Å². The smallest absolute Gasteiger partial charge is 0.326 e. The summed E-state index contributed by atoms with van der Waals surface area (Å²) in [6.07, 6.45) is 1.34. The number of hydrogen-bond donors (Lipinski definition) is 8. The van der Waals surface area contributed by atoms with E-state index >= 15 is 0 Å². The molecular formula is C30H38N6O7. The number of aliphatic carboxylic acids is 1. The van der Waals surface area contributed by atoms with Gasteiger partial charge in [0, 0.05) is 29.9 Å². The first-order chi connectivity index (χ1) is 20.3. The summed E-state index contributed by atoms with van der Waals surface area (Å²) in [6.45, 7) is 3.38. The molecule has 1 aromatic heterocycles. The number of nitrogens with one attached hydrogen (secondary N) is 4. The molecule has 0 aliphatic rings. The number of aromatic nitrogens is 1. The molecule has 0 fully saturated rings. The topological polar surface area (TPSA) is 230 Å². The molecule has 0 saturated heterocycles. The lowest BCUT2D eigenvalue weighted by Gasteiger charge is -2.27. The number of aromatic hydroxyl groups is 1. The maximum atomic E-state index is 13.3. The molecule has 0 spiro atoms. The molecule has 0 saturated carbocycles. The minimum absolute atomic E-state index is 0.0365. The van der Waals surface area contributed by atoms with Gasteiger partial charge in [-0.1, -0.05) is 44.2 Å². The van der Waals surface area contributed by atoms with Gasteiger partial charge in [0.1, 0.15) is 23.9 Å². The second-order valence-corrected chi connectivity index (χ2v) is 10.7. The van der Waals surface area contributed by atoms with Crippen LogP contribution in [0.15, 0.2) is 54.7 Å². The van der Waals surface area contributed by atoms with Gasteiger partial charge >= 0.3 is 5.97 Å². The molecule has 2 aromatic carbocycles. The Labute approximate surface area is 248 Å². The maximum Gasteiger partial charge on any atom is 0.326 e. The SMILES string of the molecule is CC(C)C(NC(=O)C(N)Cc1ccc(O)cc1)C(=O)NC(CCC(N)=O)C(=O)NC(Cc1c[nH]c2ccccc12)C(=O)O. The summed E-state index contributed by atoms with van der Waals surface area (Å²) in [4.78, 5) is 66.1. The van der Waals surface area contributed by atoms with Crippen LogP contribution < -0.4 is 27.4 Å². The molecule has 230 valence electrons. The first-order valence-corrected chi connectivity index (χ1v) is 13.9. The molecule has 0 bridgehead atoms. The zero-order chi connectivity index (χ0) is 31.7. The number of carbonyl (C=O) groups excluding carboxylic acids is 4. The van der Waals surface area contributed by atoms with Crippen LogP contribution in [0.25, 0.3) is 10.9 Å². The van der Waals surface area contributed by atoms with Crippen molar-refractivity contribution in [1.82, 2.24) is 20.9 Å². The predicted octanol–water partition coefficient (Wildman–Crippen LogP) is 0.447. The van der Waals surface area contributed by atoms with Crippen molar-refractivity contribution in [1.29, 1.82) is 0 Å². The Bertz CT molecular complexity index is 1450. The summed E-state index contributed by atoms with van der Waals surface area (Å²) >= 11 is 0. The first kappa shape index (κ1) is 32.6. The van der Waals surface area contributed by atoms with Crippen LogP contribution in [-0.4, -0.2) is 69.0 Å².